The SMILES string of the molecule is Cc1cc(F)c(C(C)O)c(Br)c1. The maximum absolute atomic E-state index is 13.2. The van der Waals surface area contributed by atoms with Gasteiger partial charge in [0.2, 0.25) is 0 Å². The highest BCUT2D eigenvalue weighted by Gasteiger charge is 2.12. The van der Waals surface area contributed by atoms with Gasteiger partial charge >= 0.3 is 0 Å². The Labute approximate surface area is 79.4 Å². The topological polar surface area (TPSA) is 20.2 Å². The molecule has 1 nitrogen and oxygen atoms in total. The molecule has 66 valence electrons. The van der Waals surface area contributed by atoms with Gasteiger partial charge < -0.3 is 5.11 Å². The van der Waals surface area contributed by atoms with Crippen LogP contribution in [0.1, 0.15) is 24.2 Å². The van der Waals surface area contributed by atoms with Crippen molar-refractivity contribution in [2.75, 3.05) is 0 Å². The molecular weight excluding hydrogens is 223 g/mol. The number of aliphatic hydroxyl groups is 1. The molecule has 12 heavy (non-hydrogen) atoms. The second-order valence-electron chi connectivity index (χ2n) is 2.82. The van der Waals surface area contributed by atoms with E-state index >= 15 is 0 Å². The van der Waals surface area contributed by atoms with Gasteiger partial charge in [-0.2, -0.15) is 0 Å². The largest absolute Gasteiger partial charge is 0.389 e. The fourth-order valence-electron chi connectivity index (χ4n) is 1.11. The van der Waals surface area contributed by atoms with Crippen LogP contribution in [0.5, 0.6) is 0 Å². The zero-order chi connectivity index (χ0) is 9.30. The fourth-order valence-corrected chi connectivity index (χ4v) is 1.99. The van der Waals surface area contributed by atoms with E-state index in [4.69, 9.17) is 0 Å². The van der Waals surface area contributed by atoms with Gasteiger partial charge in [-0.25, -0.2) is 4.39 Å². The Morgan fingerprint density at radius 1 is 1.50 bits per heavy atom. The van der Waals surface area contributed by atoms with E-state index in [9.17, 15) is 9.50 Å². The van der Waals surface area contributed by atoms with E-state index in [1.807, 2.05) is 0 Å². The molecule has 0 radical (unpaired) electrons. The summed E-state index contributed by atoms with van der Waals surface area (Å²) in [4.78, 5) is 0. The predicted octanol–water partition coefficient (Wildman–Crippen LogP) is 2.95. The lowest BCUT2D eigenvalue weighted by Crippen LogP contribution is -1.97. The first-order chi connectivity index (χ1) is 5.52. The number of hydrogen-bond acceptors (Lipinski definition) is 1. The number of aliphatic hydroxyl groups excluding tert-OH is 1. The molecule has 1 rings (SSSR count). The van der Waals surface area contributed by atoms with Crippen LogP contribution in [0.15, 0.2) is 16.6 Å². The third kappa shape index (κ3) is 1.84. The van der Waals surface area contributed by atoms with Crippen molar-refractivity contribution < 1.29 is 9.50 Å². The molecule has 0 aliphatic carbocycles. The van der Waals surface area contributed by atoms with Gasteiger partial charge in [-0.1, -0.05) is 15.9 Å². The highest BCUT2D eigenvalue weighted by Crippen LogP contribution is 2.27. The highest BCUT2D eigenvalue weighted by atomic mass is 79.9. The molecule has 1 aromatic carbocycles. The van der Waals surface area contributed by atoms with Crippen molar-refractivity contribution in [2.24, 2.45) is 0 Å². The molecule has 1 unspecified atom stereocenters. The first kappa shape index (κ1) is 9.68. The van der Waals surface area contributed by atoms with Gasteiger partial charge in [0.25, 0.3) is 0 Å². The lowest BCUT2D eigenvalue weighted by Gasteiger charge is -2.09. The first-order valence-corrected chi connectivity index (χ1v) is 4.45. The molecule has 1 atom stereocenters. The van der Waals surface area contributed by atoms with E-state index in [1.54, 1.807) is 19.9 Å². The molecular formula is C9H10BrFO. The molecule has 0 aliphatic heterocycles. The summed E-state index contributed by atoms with van der Waals surface area (Å²) in [6, 6.07) is 3.19. The van der Waals surface area contributed by atoms with E-state index in [1.165, 1.54) is 6.07 Å². The van der Waals surface area contributed by atoms with Crippen molar-refractivity contribution in [1.82, 2.24) is 0 Å². The van der Waals surface area contributed by atoms with Gasteiger partial charge in [0, 0.05) is 10.0 Å². The summed E-state index contributed by atoms with van der Waals surface area (Å²) < 4.78 is 13.8. The Morgan fingerprint density at radius 2 is 2.08 bits per heavy atom. The third-order valence-corrected chi connectivity index (χ3v) is 2.30. The van der Waals surface area contributed by atoms with E-state index in [-0.39, 0.29) is 5.82 Å². The van der Waals surface area contributed by atoms with Crippen LogP contribution in [0.25, 0.3) is 0 Å². The van der Waals surface area contributed by atoms with Crippen LogP contribution in [0.2, 0.25) is 0 Å². The average molecular weight is 233 g/mol. The van der Waals surface area contributed by atoms with Crippen LogP contribution >= 0.6 is 15.9 Å². The van der Waals surface area contributed by atoms with Crippen LogP contribution < -0.4 is 0 Å². The van der Waals surface area contributed by atoms with Crippen molar-refractivity contribution in [3.8, 4) is 0 Å². The molecule has 1 N–H and O–H groups in total. The van der Waals surface area contributed by atoms with Crippen LogP contribution in [-0.4, -0.2) is 5.11 Å². The monoisotopic (exact) mass is 232 g/mol. The maximum atomic E-state index is 13.2. The predicted molar refractivity (Wildman–Crippen MR) is 49.5 cm³/mol. The van der Waals surface area contributed by atoms with Crippen molar-refractivity contribution in [3.05, 3.63) is 33.5 Å². The quantitative estimate of drug-likeness (QED) is 0.790. The zero-order valence-electron chi connectivity index (χ0n) is 6.94. The lowest BCUT2D eigenvalue weighted by molar-refractivity contribution is 0.193. The minimum absolute atomic E-state index is 0.320. The first-order valence-electron chi connectivity index (χ1n) is 3.66. The second kappa shape index (κ2) is 3.54. The summed E-state index contributed by atoms with van der Waals surface area (Å²) in [5, 5.41) is 9.21. The molecule has 1 aromatic rings. The lowest BCUT2D eigenvalue weighted by atomic mass is 10.1. The molecule has 0 fully saturated rings. The molecule has 0 saturated heterocycles. The van der Waals surface area contributed by atoms with Crippen molar-refractivity contribution in [2.45, 2.75) is 20.0 Å². The Hall–Kier alpha value is -0.410. The Balaban J connectivity index is 3.28. The number of rotatable bonds is 1. The smallest absolute Gasteiger partial charge is 0.130 e. The normalized spacial score (nSPS) is 13.1. The zero-order valence-corrected chi connectivity index (χ0v) is 8.52. The van der Waals surface area contributed by atoms with Crippen molar-refractivity contribution in [3.63, 3.8) is 0 Å². The maximum Gasteiger partial charge on any atom is 0.130 e. The highest BCUT2D eigenvalue weighted by molar-refractivity contribution is 9.10. The Kier molecular flexibility index (Phi) is 2.85. The number of halogens is 2. The van der Waals surface area contributed by atoms with Gasteiger partial charge in [-0.15, -0.1) is 0 Å². The Bertz CT molecular complexity index is 274. The summed E-state index contributed by atoms with van der Waals surface area (Å²) in [6.45, 7) is 3.35. The van der Waals surface area contributed by atoms with Gasteiger partial charge in [0.15, 0.2) is 0 Å². The molecule has 0 saturated carbocycles. The number of hydrogen-bond donors (Lipinski definition) is 1. The molecule has 0 aromatic heterocycles. The van der Waals surface area contributed by atoms with Crippen LogP contribution in [0.3, 0.4) is 0 Å². The minimum Gasteiger partial charge on any atom is -0.389 e. The summed E-state index contributed by atoms with van der Waals surface area (Å²) in [6.07, 6.45) is -0.778. The van der Waals surface area contributed by atoms with Crippen LogP contribution in [0.4, 0.5) is 4.39 Å². The van der Waals surface area contributed by atoms with Gasteiger partial charge in [-0.05, 0) is 31.5 Å². The molecule has 0 bridgehead atoms. The summed E-state index contributed by atoms with van der Waals surface area (Å²) in [7, 11) is 0. The van der Waals surface area contributed by atoms with E-state index in [2.05, 4.69) is 15.9 Å². The van der Waals surface area contributed by atoms with Crippen LogP contribution in [-0.2, 0) is 0 Å². The summed E-state index contributed by atoms with van der Waals surface area (Å²) in [5.41, 5.74) is 1.16. The molecule has 3 heteroatoms. The molecule has 0 aliphatic rings. The standard InChI is InChI=1S/C9H10BrFO/c1-5-3-7(10)9(6(2)12)8(11)4-5/h3-4,6,12H,1-2H3. The average Bonchev–Trinajstić information content (AvgIpc) is 1.82. The third-order valence-electron chi connectivity index (χ3n) is 1.64. The van der Waals surface area contributed by atoms with Gasteiger partial charge in [-0.3, -0.25) is 0 Å². The van der Waals surface area contributed by atoms with Crippen molar-refractivity contribution >= 4 is 15.9 Å². The second-order valence-corrected chi connectivity index (χ2v) is 3.67. The summed E-state index contributed by atoms with van der Waals surface area (Å²) >= 11 is 3.20. The van der Waals surface area contributed by atoms with Gasteiger partial charge in [0.05, 0.1) is 6.10 Å². The van der Waals surface area contributed by atoms with E-state index in [0.717, 1.165) is 5.56 Å². The van der Waals surface area contributed by atoms with Crippen molar-refractivity contribution in [1.29, 1.82) is 0 Å². The molecule has 0 spiro atoms. The van der Waals surface area contributed by atoms with E-state index < -0.39 is 6.10 Å². The van der Waals surface area contributed by atoms with Crippen LogP contribution in [0, 0.1) is 12.7 Å². The Morgan fingerprint density at radius 3 is 2.50 bits per heavy atom. The molecule has 0 heterocycles. The minimum atomic E-state index is -0.778. The molecule has 0 amide bonds. The summed E-state index contributed by atoms with van der Waals surface area (Å²) in [5.74, 6) is -0.364. The van der Waals surface area contributed by atoms with E-state index in [0.29, 0.717) is 10.0 Å². The van der Waals surface area contributed by atoms with Gasteiger partial charge in [0.1, 0.15) is 5.82 Å². The fraction of sp³-hybridized carbons (Fsp3) is 0.333. The number of benzene rings is 1. The number of aryl methyl sites for hydroxylation is 1.